The Balaban J connectivity index is 1.76. The Hall–Kier alpha value is -4.06. The molecule has 0 bridgehead atoms. The Morgan fingerprint density at radius 1 is 1.20 bits per heavy atom. The number of fused-ring (bicyclic) bond motifs is 1. The molecule has 0 spiro atoms. The van der Waals surface area contributed by atoms with Gasteiger partial charge in [0.15, 0.2) is 6.10 Å². The van der Waals surface area contributed by atoms with Gasteiger partial charge in [-0.1, -0.05) is 6.07 Å². The summed E-state index contributed by atoms with van der Waals surface area (Å²) in [6.07, 6.45) is -6.46. The van der Waals surface area contributed by atoms with E-state index in [0.717, 1.165) is 12.1 Å². The van der Waals surface area contributed by atoms with Gasteiger partial charge >= 0.3 is 6.18 Å². The first-order valence-corrected chi connectivity index (χ1v) is 9.88. The van der Waals surface area contributed by atoms with Crippen LogP contribution in [-0.4, -0.2) is 25.4 Å². The van der Waals surface area contributed by atoms with Crippen molar-refractivity contribution in [3.63, 3.8) is 0 Å². The molecule has 0 fully saturated rings. The van der Waals surface area contributed by atoms with Crippen LogP contribution in [0.3, 0.4) is 0 Å². The van der Waals surface area contributed by atoms with Crippen LogP contribution in [0.15, 0.2) is 42.6 Å². The number of hydrogen-bond donors (Lipinski definition) is 3. The van der Waals surface area contributed by atoms with Crippen molar-refractivity contribution in [3.05, 3.63) is 76.9 Å². The summed E-state index contributed by atoms with van der Waals surface area (Å²) in [7, 11) is 0. The van der Waals surface area contributed by atoms with Crippen LogP contribution in [0, 0.1) is 25.4 Å². The van der Waals surface area contributed by atoms with Crippen molar-refractivity contribution in [3.8, 4) is 11.3 Å². The van der Waals surface area contributed by atoms with E-state index >= 15 is 0 Å². The zero-order valence-corrected chi connectivity index (χ0v) is 17.8. The number of aromatic nitrogens is 3. The van der Waals surface area contributed by atoms with Crippen LogP contribution in [0.1, 0.15) is 32.9 Å². The molecule has 182 valence electrons. The quantitative estimate of drug-likeness (QED) is 0.361. The Bertz CT molecular complexity index is 1550. The molecule has 0 radical (unpaired) electrons. The molecular formula is C23H18F5N5O2. The number of nitrogens with zero attached hydrogens (tertiary/aromatic N) is 3. The molecule has 2 aromatic heterocycles. The van der Waals surface area contributed by atoms with E-state index in [0.29, 0.717) is 22.2 Å². The molecule has 0 saturated carbocycles. The summed E-state index contributed by atoms with van der Waals surface area (Å²) in [4.78, 5) is 20.0. The van der Waals surface area contributed by atoms with Gasteiger partial charge in [0.25, 0.3) is 5.91 Å². The minimum Gasteiger partial charge on any atom is -0.382 e. The highest BCUT2D eigenvalue weighted by Gasteiger charge is 2.36. The number of aliphatic hydroxyl groups is 1. The molecule has 0 aliphatic carbocycles. The standard InChI is InChI=1S/C23H18F5N5O2/c1-10-5-15(32-22(35)20(34)12-6-13(24)8-14(25)7-12)3-4-16(10)18-19-21(29)30-9-17(23(26,27)28)33(19)11(2)31-18/h3-9,20,34H,1-2H3,(H2,29,30)(H,32,35)/i2D3. The molecule has 0 aliphatic rings. The summed E-state index contributed by atoms with van der Waals surface area (Å²) >= 11 is 0. The van der Waals surface area contributed by atoms with Gasteiger partial charge in [-0.15, -0.1) is 0 Å². The predicted molar refractivity (Wildman–Crippen MR) is 117 cm³/mol. The van der Waals surface area contributed by atoms with Gasteiger partial charge in [0.05, 0.1) is 6.20 Å². The van der Waals surface area contributed by atoms with Crippen LogP contribution >= 0.6 is 0 Å². The molecule has 0 saturated heterocycles. The predicted octanol–water partition coefficient (Wildman–Crippen LogP) is 4.56. The molecule has 1 amide bonds. The van der Waals surface area contributed by atoms with Crippen LogP contribution in [-0.2, 0) is 11.0 Å². The maximum atomic E-state index is 13.7. The third kappa shape index (κ3) is 4.52. The number of halogens is 5. The number of aliphatic hydroxyl groups excluding tert-OH is 1. The molecule has 1 atom stereocenters. The van der Waals surface area contributed by atoms with E-state index in [2.05, 4.69) is 15.3 Å². The number of rotatable bonds is 4. The van der Waals surface area contributed by atoms with Gasteiger partial charge in [-0.2, -0.15) is 13.2 Å². The lowest BCUT2D eigenvalue weighted by Gasteiger charge is -2.14. The minimum atomic E-state index is -4.97. The molecule has 2 heterocycles. The molecule has 1 unspecified atom stereocenters. The van der Waals surface area contributed by atoms with Crippen LogP contribution in [0.5, 0.6) is 0 Å². The summed E-state index contributed by atoms with van der Waals surface area (Å²) < 4.78 is 91.5. The van der Waals surface area contributed by atoms with Crippen molar-refractivity contribution < 1.29 is 36.0 Å². The molecular weight excluding hydrogens is 473 g/mol. The highest BCUT2D eigenvalue weighted by Crippen LogP contribution is 2.36. The van der Waals surface area contributed by atoms with E-state index in [1.807, 2.05) is 0 Å². The lowest BCUT2D eigenvalue weighted by Crippen LogP contribution is -2.21. The summed E-state index contributed by atoms with van der Waals surface area (Å²) in [5.74, 6) is -4.25. The number of nitrogens with one attached hydrogen (secondary N) is 1. The average Bonchev–Trinajstić information content (AvgIpc) is 3.19. The van der Waals surface area contributed by atoms with E-state index in [-0.39, 0.29) is 28.0 Å². The van der Waals surface area contributed by atoms with Gasteiger partial charge in [0.2, 0.25) is 0 Å². The number of amides is 1. The molecule has 35 heavy (non-hydrogen) atoms. The summed E-state index contributed by atoms with van der Waals surface area (Å²) in [6, 6.07) is 6.21. The van der Waals surface area contributed by atoms with Crippen molar-refractivity contribution in [2.24, 2.45) is 0 Å². The van der Waals surface area contributed by atoms with E-state index in [1.54, 1.807) is 0 Å². The summed E-state index contributed by atoms with van der Waals surface area (Å²) in [6.45, 7) is -1.52. The van der Waals surface area contributed by atoms with Crippen molar-refractivity contribution >= 4 is 22.9 Å². The van der Waals surface area contributed by atoms with Crippen LogP contribution in [0.25, 0.3) is 16.8 Å². The second kappa shape index (κ2) is 8.62. The van der Waals surface area contributed by atoms with E-state index in [4.69, 9.17) is 9.85 Å². The average molecular weight is 494 g/mol. The number of benzene rings is 2. The zero-order chi connectivity index (χ0) is 28.2. The second-order valence-electron chi connectivity index (χ2n) is 7.62. The van der Waals surface area contributed by atoms with Crippen molar-refractivity contribution in [2.75, 3.05) is 11.1 Å². The molecule has 4 N–H and O–H groups in total. The van der Waals surface area contributed by atoms with E-state index in [9.17, 15) is 31.9 Å². The van der Waals surface area contributed by atoms with Gasteiger partial charge < -0.3 is 16.2 Å². The summed E-state index contributed by atoms with van der Waals surface area (Å²) in [5, 5.41) is 12.6. The Labute approximate surface area is 199 Å². The second-order valence-corrected chi connectivity index (χ2v) is 7.62. The molecule has 0 aliphatic heterocycles. The first-order valence-electron chi connectivity index (χ1n) is 11.4. The number of hydrogen-bond acceptors (Lipinski definition) is 5. The number of carbonyl (C=O) groups is 1. The highest BCUT2D eigenvalue weighted by molar-refractivity contribution is 5.95. The number of nitrogens with two attached hydrogens (primary N) is 1. The number of anilines is 2. The lowest BCUT2D eigenvalue weighted by molar-refractivity contribution is -0.142. The first-order chi connectivity index (χ1) is 17.6. The topological polar surface area (TPSA) is 106 Å². The molecule has 2 aromatic carbocycles. The first kappa shape index (κ1) is 20.3. The Morgan fingerprint density at radius 2 is 1.89 bits per heavy atom. The molecule has 4 rings (SSSR count). The smallest absolute Gasteiger partial charge is 0.382 e. The van der Waals surface area contributed by atoms with Gasteiger partial charge in [-0.3, -0.25) is 9.20 Å². The number of imidazole rings is 1. The number of nitrogen functional groups attached to an aromatic ring is 1. The minimum absolute atomic E-state index is 0.119. The summed E-state index contributed by atoms with van der Waals surface area (Å²) in [5.41, 5.74) is 4.26. The Kier molecular flexibility index (Phi) is 5.00. The number of carbonyl (C=O) groups excluding carboxylic acids is 1. The highest BCUT2D eigenvalue weighted by atomic mass is 19.4. The fraction of sp³-hybridized carbons (Fsp3) is 0.174. The van der Waals surface area contributed by atoms with Gasteiger partial charge in [0.1, 0.15) is 40.2 Å². The van der Waals surface area contributed by atoms with E-state index in [1.165, 1.54) is 25.1 Å². The zero-order valence-electron chi connectivity index (χ0n) is 20.8. The SMILES string of the molecule is [2H]C([2H])([2H])c1nc(-c2ccc(NC(=O)C(O)c3cc(F)cc(F)c3)cc2C)c2c(N)ncc(C(F)(F)F)n12. The fourth-order valence-corrected chi connectivity index (χ4v) is 3.63. The monoisotopic (exact) mass is 494 g/mol. The van der Waals surface area contributed by atoms with Crippen molar-refractivity contribution in [1.29, 1.82) is 0 Å². The molecule has 7 nitrogen and oxygen atoms in total. The van der Waals surface area contributed by atoms with Crippen molar-refractivity contribution in [1.82, 2.24) is 14.4 Å². The van der Waals surface area contributed by atoms with Gasteiger partial charge in [-0.05, 0) is 49.2 Å². The third-order valence-electron chi connectivity index (χ3n) is 5.18. The van der Waals surface area contributed by atoms with Crippen LogP contribution in [0.4, 0.5) is 33.5 Å². The lowest BCUT2D eigenvalue weighted by atomic mass is 10.0. The van der Waals surface area contributed by atoms with E-state index < -0.39 is 54.0 Å². The van der Waals surface area contributed by atoms with Gasteiger partial charge in [0, 0.05) is 21.4 Å². The third-order valence-corrected chi connectivity index (χ3v) is 5.18. The maximum Gasteiger partial charge on any atom is 0.433 e. The normalized spacial score (nSPS) is 14.3. The number of alkyl halides is 3. The van der Waals surface area contributed by atoms with Gasteiger partial charge in [-0.25, -0.2) is 18.7 Å². The molecule has 12 heteroatoms. The molecule has 4 aromatic rings. The van der Waals surface area contributed by atoms with Crippen LogP contribution in [0.2, 0.25) is 0 Å². The van der Waals surface area contributed by atoms with Crippen molar-refractivity contribution in [2.45, 2.75) is 26.1 Å². The van der Waals surface area contributed by atoms with Crippen LogP contribution < -0.4 is 11.1 Å². The fourth-order valence-electron chi connectivity index (χ4n) is 3.63. The maximum absolute atomic E-state index is 13.7. The Morgan fingerprint density at radius 3 is 2.49 bits per heavy atom. The number of aryl methyl sites for hydroxylation is 2. The largest absolute Gasteiger partial charge is 0.433 e.